The predicted molar refractivity (Wildman–Crippen MR) is 110 cm³/mol. The number of sulfonamides is 1. The van der Waals surface area contributed by atoms with E-state index in [0.717, 1.165) is 30.6 Å². The van der Waals surface area contributed by atoms with Gasteiger partial charge in [0, 0.05) is 23.5 Å². The molecule has 1 N–H and O–H groups in total. The van der Waals surface area contributed by atoms with Gasteiger partial charge in [-0.15, -0.1) is 11.3 Å². The van der Waals surface area contributed by atoms with E-state index in [9.17, 15) is 18.3 Å². The molecule has 1 aliphatic heterocycles. The molecule has 2 aromatic rings. The number of benzene rings is 1. The van der Waals surface area contributed by atoms with E-state index in [1.165, 1.54) is 16.4 Å². The highest BCUT2D eigenvalue weighted by Gasteiger charge is 2.28. The summed E-state index contributed by atoms with van der Waals surface area (Å²) in [5.41, 5.74) is 0.674. The monoisotopic (exact) mass is 421 g/mol. The zero-order valence-electron chi connectivity index (χ0n) is 15.6. The highest BCUT2D eigenvalue weighted by molar-refractivity contribution is 7.91. The Kier molecular flexibility index (Phi) is 6.53. The van der Waals surface area contributed by atoms with E-state index in [-0.39, 0.29) is 9.78 Å². The van der Waals surface area contributed by atoms with Crippen LogP contribution in [0.25, 0.3) is 11.6 Å². The van der Waals surface area contributed by atoms with E-state index in [1.54, 1.807) is 24.3 Å². The average molecular weight is 422 g/mol. The van der Waals surface area contributed by atoms with Crippen LogP contribution in [-0.4, -0.2) is 43.5 Å². The van der Waals surface area contributed by atoms with Crippen LogP contribution in [0.1, 0.15) is 36.6 Å². The number of para-hydroxylation sites is 1. The first-order chi connectivity index (χ1) is 13.4. The Morgan fingerprint density at radius 3 is 2.57 bits per heavy atom. The molecule has 1 saturated heterocycles. The molecule has 1 aromatic carbocycles. The molecule has 3 rings (SSSR count). The van der Waals surface area contributed by atoms with Gasteiger partial charge in [-0.2, -0.15) is 4.31 Å². The van der Waals surface area contributed by atoms with E-state index in [2.05, 4.69) is 0 Å². The van der Waals surface area contributed by atoms with Crippen molar-refractivity contribution in [3.63, 3.8) is 0 Å². The molecule has 1 fully saturated rings. The maximum Gasteiger partial charge on any atom is 0.337 e. The fraction of sp³-hybridized carbons (Fsp3) is 0.350. The van der Waals surface area contributed by atoms with Crippen LogP contribution in [-0.2, 0) is 14.8 Å². The number of hydrogen-bond acceptors (Lipinski definition) is 5. The minimum Gasteiger partial charge on any atom is -0.493 e. The Hall–Kier alpha value is -2.16. The van der Waals surface area contributed by atoms with Crippen LogP contribution in [0, 0.1) is 0 Å². The zero-order valence-corrected chi connectivity index (χ0v) is 17.3. The van der Waals surface area contributed by atoms with Gasteiger partial charge in [0.2, 0.25) is 0 Å². The van der Waals surface area contributed by atoms with Crippen molar-refractivity contribution in [1.29, 1.82) is 0 Å². The van der Waals surface area contributed by atoms with Crippen molar-refractivity contribution in [2.45, 2.75) is 30.4 Å². The van der Waals surface area contributed by atoms with Crippen LogP contribution in [0.4, 0.5) is 0 Å². The lowest BCUT2D eigenvalue weighted by atomic mass is 10.1. The van der Waals surface area contributed by atoms with Crippen LogP contribution in [0.3, 0.4) is 0 Å². The second-order valence-corrected chi connectivity index (χ2v) is 9.67. The van der Waals surface area contributed by atoms with E-state index in [0.29, 0.717) is 35.9 Å². The lowest BCUT2D eigenvalue weighted by molar-refractivity contribution is -0.130. The molecule has 0 saturated carbocycles. The van der Waals surface area contributed by atoms with Gasteiger partial charge in [0.1, 0.15) is 9.96 Å². The Morgan fingerprint density at radius 2 is 1.89 bits per heavy atom. The first kappa shape index (κ1) is 20.6. The van der Waals surface area contributed by atoms with Gasteiger partial charge in [0.05, 0.1) is 12.2 Å². The first-order valence-corrected chi connectivity index (χ1v) is 11.5. The Labute approximate surface area is 169 Å². The summed E-state index contributed by atoms with van der Waals surface area (Å²) >= 11 is 0.989. The molecule has 6 nitrogen and oxygen atoms in total. The Bertz CT molecular complexity index is 972. The molecular formula is C20H23NO5S2. The molecule has 0 radical (unpaired) electrons. The lowest BCUT2D eigenvalue weighted by Crippen LogP contribution is -2.35. The van der Waals surface area contributed by atoms with Crippen LogP contribution < -0.4 is 4.74 Å². The van der Waals surface area contributed by atoms with Gasteiger partial charge in [-0.1, -0.05) is 24.6 Å². The van der Waals surface area contributed by atoms with Crippen molar-refractivity contribution in [2.24, 2.45) is 0 Å². The van der Waals surface area contributed by atoms with Crippen molar-refractivity contribution >= 4 is 39.0 Å². The Morgan fingerprint density at radius 1 is 1.18 bits per heavy atom. The van der Waals surface area contributed by atoms with Crippen molar-refractivity contribution in [3.05, 3.63) is 46.8 Å². The number of nitrogens with zero attached hydrogens (tertiary/aromatic N) is 1. The Balaban J connectivity index is 1.96. The van der Waals surface area contributed by atoms with Gasteiger partial charge in [0.25, 0.3) is 10.0 Å². The summed E-state index contributed by atoms with van der Waals surface area (Å²) < 4.78 is 32.9. The molecule has 0 atom stereocenters. The van der Waals surface area contributed by atoms with Crippen LogP contribution >= 0.6 is 11.3 Å². The maximum absolute atomic E-state index is 12.8. The highest BCUT2D eigenvalue weighted by atomic mass is 32.2. The summed E-state index contributed by atoms with van der Waals surface area (Å²) in [6.07, 6.45) is 4.27. The number of thiophene rings is 1. The topological polar surface area (TPSA) is 83.9 Å². The number of carboxylic acids is 1. The normalized spacial score (nSPS) is 16.1. The van der Waals surface area contributed by atoms with Gasteiger partial charge in [-0.05, 0) is 44.0 Å². The second kappa shape index (κ2) is 8.89. The molecule has 0 unspecified atom stereocenters. The quantitative estimate of drug-likeness (QED) is 0.685. The number of ether oxygens (including phenoxy) is 1. The number of hydrogen-bond donors (Lipinski definition) is 1. The minimum atomic E-state index is -3.58. The summed E-state index contributed by atoms with van der Waals surface area (Å²) in [6, 6.07) is 10.2. The third-order valence-corrected chi connectivity index (χ3v) is 7.99. The van der Waals surface area contributed by atoms with Crippen molar-refractivity contribution in [1.82, 2.24) is 4.31 Å². The molecular weight excluding hydrogens is 398 g/mol. The summed E-state index contributed by atoms with van der Waals surface area (Å²) in [7, 11) is -3.58. The summed E-state index contributed by atoms with van der Waals surface area (Å²) in [6.45, 7) is 3.35. The van der Waals surface area contributed by atoms with Gasteiger partial charge in [-0.3, -0.25) is 0 Å². The summed E-state index contributed by atoms with van der Waals surface area (Å²) in [5, 5.41) is 9.71. The maximum atomic E-state index is 12.8. The van der Waals surface area contributed by atoms with Crippen LogP contribution in [0.15, 0.2) is 40.6 Å². The number of piperidine rings is 1. The molecule has 8 heteroatoms. The molecule has 0 aliphatic carbocycles. The largest absolute Gasteiger partial charge is 0.493 e. The molecule has 150 valence electrons. The number of carbonyl (C=O) groups is 1. The van der Waals surface area contributed by atoms with Gasteiger partial charge in [-0.25, -0.2) is 13.2 Å². The third kappa shape index (κ3) is 4.45. The molecule has 2 heterocycles. The SMILES string of the molecule is CCOc1ccccc1/C=C(\C(=O)O)c1ccc(S(=O)(=O)N2CCCCC2)s1. The third-order valence-electron chi connectivity index (χ3n) is 4.51. The molecule has 0 bridgehead atoms. The summed E-state index contributed by atoms with van der Waals surface area (Å²) in [5.74, 6) is -0.531. The van der Waals surface area contributed by atoms with Crippen molar-refractivity contribution in [2.75, 3.05) is 19.7 Å². The van der Waals surface area contributed by atoms with Gasteiger partial charge < -0.3 is 9.84 Å². The van der Waals surface area contributed by atoms with Gasteiger partial charge >= 0.3 is 5.97 Å². The molecule has 0 spiro atoms. The number of carboxylic acid groups (broad SMARTS) is 1. The molecule has 28 heavy (non-hydrogen) atoms. The minimum absolute atomic E-state index is 0.0391. The average Bonchev–Trinajstić information content (AvgIpc) is 3.18. The van der Waals surface area contributed by atoms with E-state index in [4.69, 9.17) is 4.74 Å². The molecule has 1 aliphatic rings. The smallest absolute Gasteiger partial charge is 0.337 e. The summed E-state index contributed by atoms with van der Waals surface area (Å²) in [4.78, 5) is 12.3. The highest BCUT2D eigenvalue weighted by Crippen LogP contribution is 2.33. The lowest BCUT2D eigenvalue weighted by Gasteiger charge is -2.25. The second-order valence-electron chi connectivity index (χ2n) is 6.42. The van der Waals surface area contributed by atoms with E-state index >= 15 is 0 Å². The van der Waals surface area contributed by atoms with Crippen molar-refractivity contribution in [3.8, 4) is 5.75 Å². The van der Waals surface area contributed by atoms with E-state index < -0.39 is 16.0 Å². The molecule has 1 aromatic heterocycles. The van der Waals surface area contributed by atoms with Crippen LogP contribution in [0.2, 0.25) is 0 Å². The number of rotatable bonds is 7. The van der Waals surface area contributed by atoms with Gasteiger partial charge in [0.15, 0.2) is 0 Å². The van der Waals surface area contributed by atoms with Crippen molar-refractivity contribution < 1.29 is 23.1 Å². The molecule has 0 amide bonds. The fourth-order valence-electron chi connectivity index (χ4n) is 3.12. The number of aliphatic carboxylic acids is 1. The standard InChI is InChI=1S/C20H23NO5S2/c1-2-26-17-9-5-4-8-15(17)14-16(20(22)23)18-10-11-19(27-18)28(24,25)21-12-6-3-7-13-21/h4-5,8-11,14H,2-3,6-7,12-13H2,1H3,(H,22,23)/b16-14-. The first-order valence-electron chi connectivity index (χ1n) is 9.20. The zero-order chi connectivity index (χ0) is 20.1. The van der Waals surface area contributed by atoms with E-state index in [1.807, 2.05) is 13.0 Å². The van der Waals surface area contributed by atoms with Crippen LogP contribution in [0.5, 0.6) is 5.75 Å². The predicted octanol–water partition coefficient (Wildman–Crippen LogP) is 3.95. The fourth-order valence-corrected chi connectivity index (χ4v) is 6.10.